The molecule has 2 rings (SSSR count). The zero-order valence-electron chi connectivity index (χ0n) is 11.8. The summed E-state index contributed by atoms with van der Waals surface area (Å²) in [6, 6.07) is 0. The van der Waals surface area contributed by atoms with Gasteiger partial charge in [0.2, 0.25) is 0 Å². The summed E-state index contributed by atoms with van der Waals surface area (Å²) in [4.78, 5) is 15.4. The summed E-state index contributed by atoms with van der Waals surface area (Å²) in [7, 11) is 0. The molecule has 0 saturated carbocycles. The summed E-state index contributed by atoms with van der Waals surface area (Å²) in [6.45, 7) is 3.18. The van der Waals surface area contributed by atoms with Crippen molar-refractivity contribution in [2.45, 2.75) is 38.4 Å². The van der Waals surface area contributed by atoms with E-state index in [0.717, 1.165) is 0 Å². The van der Waals surface area contributed by atoms with Crippen molar-refractivity contribution < 1.29 is 29.6 Å². The van der Waals surface area contributed by atoms with Gasteiger partial charge in [-0.3, -0.25) is 5.32 Å². The number of nitrogens with one attached hydrogen (secondary N) is 1. The van der Waals surface area contributed by atoms with Gasteiger partial charge in [-0.25, -0.2) is 9.78 Å². The van der Waals surface area contributed by atoms with Crippen molar-refractivity contribution in [3.05, 3.63) is 12.0 Å². The number of hydrogen-bond donors (Lipinski definition) is 4. The Morgan fingerprint density at radius 3 is 2.81 bits per heavy atom. The van der Waals surface area contributed by atoms with E-state index in [-0.39, 0.29) is 12.4 Å². The van der Waals surface area contributed by atoms with Gasteiger partial charge >= 0.3 is 6.09 Å². The molecule has 4 N–H and O–H groups in total. The van der Waals surface area contributed by atoms with Crippen molar-refractivity contribution in [3.8, 4) is 0 Å². The van der Waals surface area contributed by atoms with E-state index in [0.29, 0.717) is 5.69 Å². The monoisotopic (exact) mass is 301 g/mol. The number of carbonyl (C=O) groups is 1. The molecule has 9 heteroatoms. The minimum Gasteiger partial charge on any atom is -0.450 e. The molecular formula is C12H19N3O6. The molecule has 1 aromatic heterocycles. The van der Waals surface area contributed by atoms with Crippen molar-refractivity contribution in [1.82, 2.24) is 9.55 Å². The Kier molecular flexibility index (Phi) is 4.78. The van der Waals surface area contributed by atoms with Crippen LogP contribution < -0.4 is 5.32 Å². The molecule has 118 valence electrons. The second-order valence-corrected chi connectivity index (χ2v) is 4.66. The van der Waals surface area contributed by atoms with E-state index in [4.69, 9.17) is 14.6 Å². The highest BCUT2D eigenvalue weighted by molar-refractivity contribution is 5.83. The van der Waals surface area contributed by atoms with E-state index in [9.17, 15) is 15.0 Å². The molecule has 1 saturated heterocycles. The second kappa shape index (κ2) is 6.39. The number of aliphatic hydroxyl groups excluding tert-OH is 3. The van der Waals surface area contributed by atoms with Crippen LogP contribution in [0.3, 0.4) is 0 Å². The highest BCUT2D eigenvalue weighted by atomic mass is 16.6. The first-order valence-corrected chi connectivity index (χ1v) is 6.59. The van der Waals surface area contributed by atoms with Crippen molar-refractivity contribution in [2.75, 3.05) is 18.5 Å². The van der Waals surface area contributed by atoms with Crippen LogP contribution in [0.15, 0.2) is 6.33 Å². The van der Waals surface area contributed by atoms with Gasteiger partial charge in [0.1, 0.15) is 18.3 Å². The van der Waals surface area contributed by atoms with Crippen molar-refractivity contribution in [2.24, 2.45) is 0 Å². The fourth-order valence-electron chi connectivity index (χ4n) is 2.18. The molecular weight excluding hydrogens is 282 g/mol. The molecule has 0 unspecified atom stereocenters. The number of rotatable bonds is 4. The summed E-state index contributed by atoms with van der Waals surface area (Å²) in [6.07, 6.45) is -3.41. The zero-order chi connectivity index (χ0) is 15.6. The highest BCUT2D eigenvalue weighted by Gasteiger charge is 2.43. The fourth-order valence-corrected chi connectivity index (χ4v) is 2.18. The van der Waals surface area contributed by atoms with Gasteiger partial charge in [0.25, 0.3) is 0 Å². The lowest BCUT2D eigenvalue weighted by atomic mass is 10.1. The minimum atomic E-state index is -1.20. The maximum Gasteiger partial charge on any atom is 0.412 e. The topological polar surface area (TPSA) is 126 Å². The Morgan fingerprint density at radius 2 is 2.24 bits per heavy atom. The second-order valence-electron chi connectivity index (χ2n) is 4.66. The number of aliphatic hydroxyl groups is 3. The van der Waals surface area contributed by atoms with Gasteiger partial charge in [0.05, 0.1) is 25.2 Å². The predicted octanol–water partition coefficient (Wildman–Crippen LogP) is -0.629. The largest absolute Gasteiger partial charge is 0.450 e. The Labute approximate surface area is 121 Å². The van der Waals surface area contributed by atoms with Crippen LogP contribution in [-0.4, -0.2) is 62.5 Å². The van der Waals surface area contributed by atoms with Gasteiger partial charge in [-0.05, 0) is 13.8 Å². The van der Waals surface area contributed by atoms with E-state index in [2.05, 4.69) is 10.3 Å². The van der Waals surface area contributed by atoms with Gasteiger partial charge in [-0.15, -0.1) is 0 Å². The van der Waals surface area contributed by atoms with Crippen LogP contribution in [0.25, 0.3) is 0 Å². The molecule has 0 spiro atoms. The molecule has 1 aromatic rings. The van der Waals surface area contributed by atoms with Crippen molar-refractivity contribution in [1.29, 1.82) is 0 Å². The number of imidazole rings is 1. The highest BCUT2D eigenvalue weighted by Crippen LogP contribution is 2.31. The number of aromatic nitrogens is 2. The summed E-state index contributed by atoms with van der Waals surface area (Å²) >= 11 is 0. The number of carbonyl (C=O) groups excluding carboxylic acids is 1. The quantitative estimate of drug-likeness (QED) is 0.583. The smallest absolute Gasteiger partial charge is 0.412 e. The fraction of sp³-hybridized carbons (Fsp3) is 0.667. The molecule has 1 fully saturated rings. The average molecular weight is 301 g/mol. The summed E-state index contributed by atoms with van der Waals surface area (Å²) in [5.74, 6) is 0.270. The van der Waals surface area contributed by atoms with E-state index < -0.39 is 37.2 Å². The Morgan fingerprint density at radius 1 is 1.52 bits per heavy atom. The summed E-state index contributed by atoms with van der Waals surface area (Å²) in [5.41, 5.74) is 0.526. The Bertz CT molecular complexity index is 505. The molecule has 0 radical (unpaired) electrons. The Hall–Kier alpha value is -1.68. The molecule has 0 aliphatic carbocycles. The number of ether oxygens (including phenoxy) is 2. The maximum absolute atomic E-state index is 11.4. The zero-order valence-corrected chi connectivity index (χ0v) is 11.8. The normalized spacial score (nSPS) is 28.6. The van der Waals surface area contributed by atoms with E-state index in [1.807, 2.05) is 0 Å². The molecule has 0 bridgehead atoms. The number of anilines is 1. The molecule has 4 atom stereocenters. The van der Waals surface area contributed by atoms with Crippen LogP contribution in [-0.2, 0) is 9.47 Å². The van der Waals surface area contributed by atoms with E-state index >= 15 is 0 Å². The number of nitrogens with zero attached hydrogens (tertiary/aromatic N) is 2. The minimum absolute atomic E-state index is 0.237. The molecule has 21 heavy (non-hydrogen) atoms. The molecule has 0 aromatic carbocycles. The van der Waals surface area contributed by atoms with Crippen LogP contribution >= 0.6 is 0 Å². The predicted molar refractivity (Wildman–Crippen MR) is 70.6 cm³/mol. The third-order valence-corrected chi connectivity index (χ3v) is 3.33. The summed E-state index contributed by atoms with van der Waals surface area (Å²) in [5, 5.41) is 31.3. The van der Waals surface area contributed by atoms with Gasteiger partial charge < -0.3 is 29.4 Å². The molecule has 1 amide bonds. The van der Waals surface area contributed by atoms with Crippen molar-refractivity contribution >= 4 is 11.9 Å². The number of amides is 1. The van der Waals surface area contributed by atoms with Gasteiger partial charge in [0, 0.05) is 0 Å². The van der Waals surface area contributed by atoms with Crippen LogP contribution in [0.1, 0.15) is 18.8 Å². The SMILES string of the molecule is CCOC(=O)Nc1ncn([C@@H]2O[C@H](CO)[C@@H](O)[C@H]2O)c1C. The van der Waals surface area contributed by atoms with Crippen LogP contribution in [0, 0.1) is 6.92 Å². The van der Waals surface area contributed by atoms with E-state index in [1.165, 1.54) is 10.9 Å². The molecule has 1 aliphatic heterocycles. The number of hydrogen-bond acceptors (Lipinski definition) is 7. The summed E-state index contributed by atoms with van der Waals surface area (Å²) < 4.78 is 11.6. The van der Waals surface area contributed by atoms with E-state index in [1.54, 1.807) is 13.8 Å². The third-order valence-electron chi connectivity index (χ3n) is 3.33. The van der Waals surface area contributed by atoms with Gasteiger partial charge in [-0.2, -0.15) is 0 Å². The first-order chi connectivity index (χ1) is 9.99. The maximum atomic E-state index is 11.4. The molecule has 1 aliphatic rings. The van der Waals surface area contributed by atoms with Gasteiger partial charge in [-0.1, -0.05) is 0 Å². The first-order valence-electron chi connectivity index (χ1n) is 6.59. The average Bonchev–Trinajstić information content (AvgIpc) is 2.93. The third kappa shape index (κ3) is 3.00. The first kappa shape index (κ1) is 15.7. The molecule has 9 nitrogen and oxygen atoms in total. The lowest BCUT2D eigenvalue weighted by Gasteiger charge is -2.17. The van der Waals surface area contributed by atoms with Crippen LogP contribution in [0.4, 0.5) is 10.6 Å². The molecule has 2 heterocycles. The lowest BCUT2D eigenvalue weighted by Crippen LogP contribution is -2.33. The van der Waals surface area contributed by atoms with Crippen molar-refractivity contribution in [3.63, 3.8) is 0 Å². The van der Waals surface area contributed by atoms with Crippen LogP contribution in [0.2, 0.25) is 0 Å². The van der Waals surface area contributed by atoms with Crippen LogP contribution in [0.5, 0.6) is 0 Å². The Balaban J connectivity index is 2.15. The lowest BCUT2D eigenvalue weighted by molar-refractivity contribution is -0.0535. The standard InChI is InChI=1S/C12H19N3O6/c1-3-20-12(19)14-10-6(2)15(5-13-10)11-9(18)8(17)7(4-16)21-11/h5,7-9,11,16-18H,3-4H2,1-2H3,(H,14,19)/t7-,8-,9-,11-/m1/s1. The van der Waals surface area contributed by atoms with Gasteiger partial charge in [0.15, 0.2) is 12.0 Å².